The Kier molecular flexibility index (Phi) is 4.22. The largest absolute Gasteiger partial charge is 0.342 e. The molecular weight excluding hydrogens is 200 g/mol. The molecule has 2 heterocycles. The fourth-order valence-corrected chi connectivity index (χ4v) is 3.00. The average molecular weight is 224 g/mol. The van der Waals surface area contributed by atoms with E-state index >= 15 is 0 Å². The van der Waals surface area contributed by atoms with Gasteiger partial charge in [0.25, 0.3) is 0 Å². The standard InChI is InChI=1S/C13H24N2O/c1-2-4-11-6-8-15(10-11)13(16)12-5-3-7-14-9-12/h11-12,14H,2-10H2,1H3/t11?,12-/m1/s1. The molecule has 1 N–H and O–H groups in total. The normalized spacial score (nSPS) is 30.7. The molecule has 0 bridgehead atoms. The van der Waals surface area contributed by atoms with Gasteiger partial charge in [0, 0.05) is 19.6 Å². The number of amides is 1. The van der Waals surface area contributed by atoms with Crippen LogP contribution < -0.4 is 5.32 Å². The van der Waals surface area contributed by atoms with Crippen LogP contribution in [0.2, 0.25) is 0 Å². The number of carbonyl (C=O) groups is 1. The Morgan fingerprint density at radius 1 is 1.44 bits per heavy atom. The van der Waals surface area contributed by atoms with Crippen LogP contribution in [-0.4, -0.2) is 37.0 Å². The Morgan fingerprint density at radius 2 is 2.31 bits per heavy atom. The van der Waals surface area contributed by atoms with Crippen molar-refractivity contribution in [3.63, 3.8) is 0 Å². The van der Waals surface area contributed by atoms with Gasteiger partial charge in [-0.3, -0.25) is 4.79 Å². The van der Waals surface area contributed by atoms with E-state index in [9.17, 15) is 4.79 Å². The van der Waals surface area contributed by atoms with Crippen molar-refractivity contribution < 1.29 is 4.79 Å². The molecule has 2 fully saturated rings. The number of carbonyl (C=O) groups excluding carboxylic acids is 1. The summed E-state index contributed by atoms with van der Waals surface area (Å²) in [6.45, 7) is 6.23. The summed E-state index contributed by atoms with van der Waals surface area (Å²) in [6, 6.07) is 0. The fourth-order valence-electron chi connectivity index (χ4n) is 3.00. The summed E-state index contributed by atoms with van der Waals surface area (Å²) in [5.41, 5.74) is 0. The molecule has 0 aliphatic carbocycles. The molecule has 0 spiro atoms. The van der Waals surface area contributed by atoms with E-state index in [-0.39, 0.29) is 5.92 Å². The van der Waals surface area contributed by atoms with Gasteiger partial charge in [0.05, 0.1) is 5.92 Å². The van der Waals surface area contributed by atoms with Gasteiger partial charge in [-0.25, -0.2) is 0 Å². The van der Waals surface area contributed by atoms with Gasteiger partial charge in [-0.15, -0.1) is 0 Å². The first kappa shape index (κ1) is 11.9. The van der Waals surface area contributed by atoms with Crippen LogP contribution in [0.1, 0.15) is 39.0 Å². The second-order valence-corrected chi connectivity index (χ2v) is 5.27. The number of hydrogen-bond donors (Lipinski definition) is 1. The lowest BCUT2D eigenvalue weighted by Gasteiger charge is -2.26. The summed E-state index contributed by atoms with van der Waals surface area (Å²) >= 11 is 0. The second kappa shape index (κ2) is 5.67. The lowest BCUT2D eigenvalue weighted by molar-refractivity contribution is -0.135. The Hall–Kier alpha value is -0.570. The Bertz CT molecular complexity index is 236. The molecule has 2 aliphatic heterocycles. The first-order chi connectivity index (χ1) is 7.81. The summed E-state index contributed by atoms with van der Waals surface area (Å²) in [5, 5.41) is 3.33. The highest BCUT2D eigenvalue weighted by atomic mass is 16.2. The predicted molar refractivity (Wildman–Crippen MR) is 65.2 cm³/mol. The van der Waals surface area contributed by atoms with Crippen LogP contribution in [0.15, 0.2) is 0 Å². The predicted octanol–water partition coefficient (Wildman–Crippen LogP) is 1.63. The van der Waals surface area contributed by atoms with E-state index in [1.54, 1.807) is 0 Å². The maximum Gasteiger partial charge on any atom is 0.226 e. The highest BCUT2D eigenvalue weighted by Crippen LogP contribution is 2.23. The zero-order valence-electron chi connectivity index (χ0n) is 10.4. The molecule has 1 unspecified atom stereocenters. The van der Waals surface area contributed by atoms with Crippen molar-refractivity contribution in [2.75, 3.05) is 26.2 Å². The molecule has 2 saturated heterocycles. The van der Waals surface area contributed by atoms with Gasteiger partial charge < -0.3 is 10.2 Å². The van der Waals surface area contributed by atoms with Gasteiger partial charge in [-0.1, -0.05) is 13.3 Å². The van der Waals surface area contributed by atoms with E-state index in [2.05, 4.69) is 17.1 Å². The number of hydrogen-bond acceptors (Lipinski definition) is 2. The maximum atomic E-state index is 12.2. The molecule has 0 saturated carbocycles. The van der Waals surface area contributed by atoms with E-state index < -0.39 is 0 Å². The summed E-state index contributed by atoms with van der Waals surface area (Å²) in [7, 11) is 0. The first-order valence-electron chi connectivity index (χ1n) is 6.80. The van der Waals surface area contributed by atoms with Crippen LogP contribution in [0.5, 0.6) is 0 Å². The quantitative estimate of drug-likeness (QED) is 0.790. The van der Waals surface area contributed by atoms with Gasteiger partial charge in [0.15, 0.2) is 0 Å². The smallest absolute Gasteiger partial charge is 0.226 e. The monoisotopic (exact) mass is 224 g/mol. The number of piperidine rings is 1. The molecule has 92 valence electrons. The molecule has 0 aromatic carbocycles. The molecule has 2 rings (SSSR count). The molecule has 2 aliphatic rings. The van der Waals surface area contributed by atoms with Crippen molar-refractivity contribution in [2.24, 2.45) is 11.8 Å². The third-order valence-electron chi connectivity index (χ3n) is 3.94. The number of nitrogens with zero attached hydrogens (tertiary/aromatic N) is 1. The zero-order chi connectivity index (χ0) is 11.4. The van der Waals surface area contributed by atoms with Crippen LogP contribution in [0.25, 0.3) is 0 Å². The van der Waals surface area contributed by atoms with Crippen molar-refractivity contribution in [1.29, 1.82) is 0 Å². The minimum atomic E-state index is 0.258. The Labute approximate surface area is 98.6 Å². The SMILES string of the molecule is CCCC1CCN(C(=O)[C@@H]2CCCNC2)C1. The lowest BCUT2D eigenvalue weighted by atomic mass is 9.98. The molecule has 2 atom stereocenters. The molecule has 3 nitrogen and oxygen atoms in total. The van der Waals surface area contributed by atoms with Gasteiger partial charge in [-0.2, -0.15) is 0 Å². The van der Waals surface area contributed by atoms with E-state index in [1.165, 1.54) is 19.3 Å². The van der Waals surface area contributed by atoms with Crippen LogP contribution in [-0.2, 0) is 4.79 Å². The average Bonchev–Trinajstić information content (AvgIpc) is 2.78. The topological polar surface area (TPSA) is 32.3 Å². The van der Waals surface area contributed by atoms with Gasteiger partial charge in [0.2, 0.25) is 5.91 Å². The molecular formula is C13H24N2O. The van der Waals surface area contributed by atoms with E-state index in [0.717, 1.165) is 44.9 Å². The molecule has 0 aromatic rings. The highest BCUT2D eigenvalue weighted by molar-refractivity contribution is 5.79. The van der Waals surface area contributed by atoms with Crippen molar-refractivity contribution in [3.05, 3.63) is 0 Å². The van der Waals surface area contributed by atoms with Crippen molar-refractivity contribution in [3.8, 4) is 0 Å². The minimum absolute atomic E-state index is 0.258. The van der Waals surface area contributed by atoms with Crippen LogP contribution in [0.4, 0.5) is 0 Å². The van der Waals surface area contributed by atoms with Crippen LogP contribution >= 0.6 is 0 Å². The first-order valence-corrected chi connectivity index (χ1v) is 6.80. The zero-order valence-corrected chi connectivity index (χ0v) is 10.4. The van der Waals surface area contributed by atoms with Crippen molar-refractivity contribution in [1.82, 2.24) is 10.2 Å². The van der Waals surface area contributed by atoms with E-state index in [0.29, 0.717) is 5.91 Å². The molecule has 3 heteroatoms. The Morgan fingerprint density at radius 3 is 3.00 bits per heavy atom. The minimum Gasteiger partial charge on any atom is -0.342 e. The fraction of sp³-hybridized carbons (Fsp3) is 0.923. The molecule has 0 aromatic heterocycles. The van der Waals surface area contributed by atoms with Crippen LogP contribution in [0, 0.1) is 11.8 Å². The van der Waals surface area contributed by atoms with Crippen molar-refractivity contribution >= 4 is 5.91 Å². The Balaban J connectivity index is 1.81. The lowest BCUT2D eigenvalue weighted by Crippen LogP contribution is -2.42. The third-order valence-corrected chi connectivity index (χ3v) is 3.94. The van der Waals surface area contributed by atoms with E-state index in [1.807, 2.05) is 0 Å². The summed E-state index contributed by atoms with van der Waals surface area (Å²) in [6.07, 6.45) is 5.99. The second-order valence-electron chi connectivity index (χ2n) is 5.27. The summed E-state index contributed by atoms with van der Waals surface area (Å²) in [4.78, 5) is 14.3. The van der Waals surface area contributed by atoms with E-state index in [4.69, 9.17) is 0 Å². The third kappa shape index (κ3) is 2.76. The van der Waals surface area contributed by atoms with Gasteiger partial charge in [-0.05, 0) is 38.1 Å². The summed E-state index contributed by atoms with van der Waals surface area (Å²) in [5.74, 6) is 1.44. The number of likely N-dealkylation sites (tertiary alicyclic amines) is 1. The number of nitrogens with one attached hydrogen (secondary N) is 1. The molecule has 0 radical (unpaired) electrons. The van der Waals surface area contributed by atoms with Crippen LogP contribution in [0.3, 0.4) is 0 Å². The molecule has 1 amide bonds. The maximum absolute atomic E-state index is 12.2. The number of rotatable bonds is 3. The van der Waals surface area contributed by atoms with Gasteiger partial charge >= 0.3 is 0 Å². The molecule has 16 heavy (non-hydrogen) atoms. The van der Waals surface area contributed by atoms with Crippen molar-refractivity contribution in [2.45, 2.75) is 39.0 Å². The summed E-state index contributed by atoms with van der Waals surface area (Å²) < 4.78 is 0. The highest BCUT2D eigenvalue weighted by Gasteiger charge is 2.30. The van der Waals surface area contributed by atoms with Gasteiger partial charge in [0.1, 0.15) is 0 Å².